The summed E-state index contributed by atoms with van der Waals surface area (Å²) in [6, 6.07) is 19.1. The highest BCUT2D eigenvalue weighted by molar-refractivity contribution is 6.25. The van der Waals surface area contributed by atoms with Gasteiger partial charge in [-0.2, -0.15) is 0 Å². The molecule has 0 saturated heterocycles. The number of amides is 1. The molecule has 0 aliphatic carbocycles. The van der Waals surface area contributed by atoms with Gasteiger partial charge in [0.05, 0.1) is 21.3 Å². The molecule has 0 aromatic heterocycles. The Kier molecular flexibility index (Phi) is 5.20. The second kappa shape index (κ2) is 8.22. The van der Waals surface area contributed by atoms with Crippen LogP contribution in [0, 0.1) is 5.92 Å². The lowest BCUT2D eigenvalue weighted by atomic mass is 9.74. The van der Waals surface area contributed by atoms with Crippen LogP contribution in [0.5, 0.6) is 17.2 Å². The Labute approximate surface area is 196 Å². The molecule has 0 saturated carbocycles. The smallest absolute Gasteiger partial charge is 0.277 e. The van der Waals surface area contributed by atoms with Crippen molar-refractivity contribution < 1.29 is 28.6 Å². The molecule has 1 amide bonds. The van der Waals surface area contributed by atoms with E-state index in [4.69, 9.17) is 19.0 Å². The summed E-state index contributed by atoms with van der Waals surface area (Å²) >= 11 is 0. The van der Waals surface area contributed by atoms with Crippen LogP contribution in [0.3, 0.4) is 0 Å². The fraction of sp³-hybridized carbons (Fsp3) is 0.192. The Bertz CT molecular complexity index is 1330. The highest BCUT2D eigenvalue weighted by atomic mass is 16.7. The van der Waals surface area contributed by atoms with E-state index in [-0.39, 0.29) is 5.78 Å². The van der Waals surface area contributed by atoms with Crippen molar-refractivity contribution in [3.05, 3.63) is 83.4 Å². The van der Waals surface area contributed by atoms with E-state index >= 15 is 0 Å². The van der Waals surface area contributed by atoms with Crippen molar-refractivity contribution in [2.45, 2.75) is 5.60 Å². The van der Waals surface area contributed by atoms with Crippen LogP contribution in [0.15, 0.2) is 71.9 Å². The quantitative estimate of drug-likeness (QED) is 0.565. The van der Waals surface area contributed by atoms with Gasteiger partial charge in [0.1, 0.15) is 28.9 Å². The van der Waals surface area contributed by atoms with E-state index in [2.05, 4.69) is 10.5 Å². The summed E-state index contributed by atoms with van der Waals surface area (Å²) in [5.74, 6) is -0.328. The molecule has 0 radical (unpaired) electrons. The number of nitrogens with one attached hydrogen (secondary N) is 1. The summed E-state index contributed by atoms with van der Waals surface area (Å²) in [5, 5.41) is 7.15. The Hall–Kier alpha value is -4.33. The molecular weight excluding hydrogens is 436 g/mol. The number of oxime groups is 1. The third kappa shape index (κ3) is 3.10. The number of Topliss-reactive ketones (excluding diaryl/α,β-unsaturated/α-hetero) is 1. The van der Waals surface area contributed by atoms with E-state index in [9.17, 15) is 9.59 Å². The maximum atomic E-state index is 14.1. The predicted molar refractivity (Wildman–Crippen MR) is 125 cm³/mol. The van der Waals surface area contributed by atoms with Crippen molar-refractivity contribution in [3.63, 3.8) is 0 Å². The summed E-state index contributed by atoms with van der Waals surface area (Å²) < 4.78 is 16.2. The zero-order valence-corrected chi connectivity index (χ0v) is 18.8. The molecule has 2 aliphatic rings. The summed E-state index contributed by atoms with van der Waals surface area (Å²) in [6.45, 7) is 0. The minimum atomic E-state index is -1.66. The molecule has 0 fully saturated rings. The number of ether oxygens (including phenoxy) is 3. The van der Waals surface area contributed by atoms with E-state index in [0.29, 0.717) is 45.3 Å². The zero-order chi connectivity index (χ0) is 23.9. The maximum Gasteiger partial charge on any atom is 0.277 e. The molecule has 34 heavy (non-hydrogen) atoms. The predicted octanol–water partition coefficient (Wildman–Crippen LogP) is 3.79. The molecule has 0 unspecified atom stereocenters. The number of fused-ring (bicyclic) bond motifs is 2. The van der Waals surface area contributed by atoms with Gasteiger partial charge in [0.2, 0.25) is 0 Å². The number of methoxy groups -OCH3 is 3. The van der Waals surface area contributed by atoms with Crippen molar-refractivity contribution in [3.8, 4) is 17.2 Å². The number of benzene rings is 3. The number of hydrogen-bond acceptors (Lipinski definition) is 7. The second-order valence-electron chi connectivity index (χ2n) is 7.90. The molecule has 8 heteroatoms. The van der Waals surface area contributed by atoms with Gasteiger partial charge in [-0.1, -0.05) is 35.5 Å². The molecule has 3 aromatic rings. The molecule has 1 N–H and O–H groups in total. The van der Waals surface area contributed by atoms with Crippen molar-refractivity contribution in [1.29, 1.82) is 0 Å². The standard InChI is InChI=1S/C26H22N2O6/c1-31-16-8-6-7-15(13-16)24(29)22-23(18-12-11-17(32-2)14-21(18)33-3)28-34-26(22)19-9-4-5-10-20(19)27-25(26)30/h4-14,22H,1-3H3,(H,27,30)/t22-,26-/m0/s1. The van der Waals surface area contributed by atoms with Crippen LogP contribution in [0.25, 0.3) is 0 Å². The number of hydrogen-bond donors (Lipinski definition) is 1. The van der Waals surface area contributed by atoms with Gasteiger partial charge in [-0.3, -0.25) is 9.59 Å². The molecule has 2 atom stereocenters. The highest BCUT2D eigenvalue weighted by Gasteiger charge is 2.63. The molecule has 172 valence electrons. The Morgan fingerprint density at radius 2 is 1.71 bits per heavy atom. The van der Waals surface area contributed by atoms with E-state index in [1.165, 1.54) is 14.2 Å². The molecule has 3 aromatic carbocycles. The van der Waals surface area contributed by atoms with E-state index in [1.54, 1.807) is 73.8 Å². The van der Waals surface area contributed by atoms with Gasteiger partial charge in [-0.15, -0.1) is 0 Å². The van der Waals surface area contributed by atoms with Gasteiger partial charge in [0.15, 0.2) is 5.78 Å². The number of carbonyl (C=O) groups excluding carboxylic acids is 2. The second-order valence-corrected chi connectivity index (χ2v) is 7.90. The van der Waals surface area contributed by atoms with Gasteiger partial charge in [0.25, 0.3) is 11.5 Å². The number of anilines is 1. The lowest BCUT2D eigenvalue weighted by Gasteiger charge is -2.27. The molecule has 5 rings (SSSR count). The summed E-state index contributed by atoms with van der Waals surface area (Å²) in [5.41, 5.74) is 0.655. The first-order valence-corrected chi connectivity index (χ1v) is 10.6. The van der Waals surface area contributed by atoms with Crippen molar-refractivity contribution in [1.82, 2.24) is 0 Å². The average Bonchev–Trinajstić information content (AvgIpc) is 3.41. The lowest BCUT2D eigenvalue weighted by molar-refractivity contribution is -0.140. The van der Waals surface area contributed by atoms with E-state index in [0.717, 1.165) is 0 Å². The van der Waals surface area contributed by atoms with Crippen LogP contribution >= 0.6 is 0 Å². The Morgan fingerprint density at radius 3 is 2.47 bits per heavy atom. The first-order valence-electron chi connectivity index (χ1n) is 10.6. The van der Waals surface area contributed by atoms with Crippen LogP contribution in [0.1, 0.15) is 21.5 Å². The SMILES string of the molecule is COc1cccc(C(=O)[C@@H]2C(c3ccc(OC)cc3OC)=NO[C@]23C(=O)Nc2ccccc23)c1. The third-order valence-electron chi connectivity index (χ3n) is 6.18. The topological polar surface area (TPSA) is 95.5 Å². The summed E-state index contributed by atoms with van der Waals surface area (Å²) in [4.78, 5) is 33.4. The minimum absolute atomic E-state index is 0.291. The molecule has 0 bridgehead atoms. The highest BCUT2D eigenvalue weighted by Crippen LogP contribution is 2.50. The molecule has 2 aliphatic heterocycles. The molecular formula is C26H22N2O6. The fourth-order valence-electron chi connectivity index (χ4n) is 4.52. The van der Waals surface area contributed by atoms with Gasteiger partial charge in [0, 0.05) is 28.4 Å². The first-order chi connectivity index (χ1) is 16.5. The maximum absolute atomic E-state index is 14.1. The number of carbonyl (C=O) groups is 2. The van der Waals surface area contributed by atoms with E-state index in [1.807, 2.05) is 0 Å². The first kappa shape index (κ1) is 21.5. The Morgan fingerprint density at radius 1 is 0.941 bits per heavy atom. The summed E-state index contributed by atoms with van der Waals surface area (Å²) in [6.07, 6.45) is 0. The van der Waals surface area contributed by atoms with Crippen LogP contribution in [0.2, 0.25) is 0 Å². The number of para-hydroxylation sites is 1. The van der Waals surface area contributed by atoms with Crippen LogP contribution < -0.4 is 19.5 Å². The summed E-state index contributed by atoms with van der Waals surface area (Å²) in [7, 11) is 4.59. The average molecular weight is 458 g/mol. The van der Waals surface area contributed by atoms with Crippen molar-refractivity contribution >= 4 is 23.1 Å². The van der Waals surface area contributed by atoms with Crippen LogP contribution in [-0.2, 0) is 15.2 Å². The fourth-order valence-corrected chi connectivity index (χ4v) is 4.52. The third-order valence-corrected chi connectivity index (χ3v) is 6.18. The van der Waals surface area contributed by atoms with Gasteiger partial charge >= 0.3 is 0 Å². The van der Waals surface area contributed by atoms with Crippen molar-refractivity contribution in [2.24, 2.45) is 11.1 Å². The normalized spacial score (nSPS) is 20.3. The molecule has 8 nitrogen and oxygen atoms in total. The van der Waals surface area contributed by atoms with Gasteiger partial charge < -0.3 is 24.4 Å². The molecule has 2 heterocycles. The molecule has 1 spiro atoms. The largest absolute Gasteiger partial charge is 0.497 e. The van der Waals surface area contributed by atoms with Crippen LogP contribution in [-0.4, -0.2) is 38.7 Å². The van der Waals surface area contributed by atoms with Gasteiger partial charge in [-0.25, -0.2) is 0 Å². The van der Waals surface area contributed by atoms with Gasteiger partial charge in [-0.05, 0) is 30.3 Å². The monoisotopic (exact) mass is 458 g/mol. The number of nitrogens with zero attached hydrogens (tertiary/aromatic N) is 1. The van der Waals surface area contributed by atoms with Crippen LogP contribution in [0.4, 0.5) is 5.69 Å². The lowest BCUT2D eigenvalue weighted by Crippen LogP contribution is -2.46. The number of rotatable bonds is 6. The van der Waals surface area contributed by atoms with E-state index < -0.39 is 17.4 Å². The minimum Gasteiger partial charge on any atom is -0.497 e. The zero-order valence-electron chi connectivity index (χ0n) is 18.8. The Balaban J connectivity index is 1.71. The van der Waals surface area contributed by atoms with Crippen molar-refractivity contribution in [2.75, 3.05) is 26.6 Å². The number of ketones is 1.